The van der Waals surface area contributed by atoms with E-state index in [1.807, 2.05) is 53.9 Å². The van der Waals surface area contributed by atoms with Crippen LogP contribution in [0, 0.1) is 0 Å². The zero-order valence-corrected chi connectivity index (χ0v) is 28.2. The number of benzene rings is 2. The maximum absolute atomic E-state index is 13.2. The molecule has 10 nitrogen and oxygen atoms in total. The standard InChI is InChI=1S/C35H33Cl2N7O3S/c36-33-24(20-11-12-44-29(13-20)40-15-21(35(44)47)14-38-16-22-7-9-30(45)41-22)3-1-4-25(33)26-5-2-6-27(34(26)37)28-19-48-32(43-28)18-39-17-23-8-10-31(46)42-23/h1-6,11-13,15,19,22-23,38-39H,7-10,14,16-18H2,(H,41,45)(H,42,46)/t22-,23-/m1/s1. The largest absolute Gasteiger partial charge is 0.352 e. The van der Waals surface area contributed by atoms with Gasteiger partial charge in [-0.3, -0.25) is 18.8 Å². The molecular weight excluding hydrogens is 669 g/mol. The van der Waals surface area contributed by atoms with Crippen molar-refractivity contribution in [3.8, 4) is 33.5 Å². The number of nitrogens with zero attached hydrogens (tertiary/aromatic N) is 3. The van der Waals surface area contributed by atoms with Crippen LogP contribution in [-0.4, -0.2) is 51.4 Å². The van der Waals surface area contributed by atoms with Crippen molar-refractivity contribution in [2.75, 3.05) is 13.1 Å². The number of aromatic nitrogens is 3. The minimum absolute atomic E-state index is 0.0650. The van der Waals surface area contributed by atoms with Gasteiger partial charge in [0.2, 0.25) is 11.8 Å². The molecule has 0 saturated carbocycles. The molecule has 2 fully saturated rings. The lowest BCUT2D eigenvalue weighted by atomic mass is 9.97. The molecule has 5 aromatic rings. The lowest BCUT2D eigenvalue weighted by Gasteiger charge is -2.14. The van der Waals surface area contributed by atoms with E-state index in [4.69, 9.17) is 28.2 Å². The van der Waals surface area contributed by atoms with Crippen LogP contribution in [0.4, 0.5) is 0 Å². The van der Waals surface area contributed by atoms with Crippen LogP contribution in [0.25, 0.3) is 39.2 Å². The molecule has 0 bridgehead atoms. The highest BCUT2D eigenvalue weighted by molar-refractivity contribution is 7.09. The number of fused-ring (bicyclic) bond motifs is 1. The molecule has 0 radical (unpaired) electrons. The number of hydrogen-bond donors (Lipinski definition) is 4. The minimum Gasteiger partial charge on any atom is -0.352 e. The van der Waals surface area contributed by atoms with Crippen LogP contribution in [0.15, 0.2) is 71.1 Å². The van der Waals surface area contributed by atoms with Gasteiger partial charge >= 0.3 is 0 Å². The predicted octanol–water partition coefficient (Wildman–Crippen LogP) is 5.20. The fourth-order valence-electron chi connectivity index (χ4n) is 6.21. The van der Waals surface area contributed by atoms with Gasteiger partial charge in [0.25, 0.3) is 5.56 Å². The second kappa shape index (κ2) is 14.2. The number of carbonyl (C=O) groups is 2. The Bertz CT molecular complexity index is 2080. The molecule has 2 atom stereocenters. The van der Waals surface area contributed by atoms with Crippen molar-refractivity contribution < 1.29 is 9.59 Å². The second-order valence-electron chi connectivity index (χ2n) is 12.1. The number of hydrogen-bond acceptors (Lipinski definition) is 8. The van der Waals surface area contributed by atoms with Gasteiger partial charge in [-0.05, 0) is 30.5 Å². The molecule has 2 aromatic carbocycles. The average Bonchev–Trinajstić information content (AvgIpc) is 3.84. The maximum Gasteiger partial charge on any atom is 0.262 e. The van der Waals surface area contributed by atoms with Crippen LogP contribution in [0.3, 0.4) is 0 Å². The summed E-state index contributed by atoms with van der Waals surface area (Å²) in [6.07, 6.45) is 6.08. The Morgan fingerprint density at radius 3 is 2.12 bits per heavy atom. The van der Waals surface area contributed by atoms with Gasteiger partial charge in [-0.2, -0.15) is 0 Å². The molecule has 246 valence electrons. The number of halogens is 2. The van der Waals surface area contributed by atoms with Crippen molar-refractivity contribution in [1.29, 1.82) is 0 Å². The van der Waals surface area contributed by atoms with Gasteiger partial charge in [-0.15, -0.1) is 11.3 Å². The molecule has 0 aliphatic carbocycles. The third-order valence-electron chi connectivity index (χ3n) is 8.75. The molecule has 2 aliphatic heterocycles. The van der Waals surface area contributed by atoms with Gasteiger partial charge in [-0.25, -0.2) is 9.97 Å². The minimum atomic E-state index is -0.152. The fraction of sp³-hybridized carbons (Fsp3) is 0.286. The van der Waals surface area contributed by atoms with Crippen molar-refractivity contribution in [2.45, 2.75) is 50.9 Å². The van der Waals surface area contributed by atoms with Gasteiger partial charge in [0.15, 0.2) is 0 Å². The van der Waals surface area contributed by atoms with Gasteiger partial charge in [0.1, 0.15) is 10.7 Å². The molecule has 2 aliphatic rings. The number of amides is 2. The summed E-state index contributed by atoms with van der Waals surface area (Å²) in [6, 6.07) is 15.6. The highest BCUT2D eigenvalue weighted by Gasteiger charge is 2.22. The zero-order valence-electron chi connectivity index (χ0n) is 25.9. The summed E-state index contributed by atoms with van der Waals surface area (Å²) in [4.78, 5) is 45.5. The number of rotatable bonds is 11. The van der Waals surface area contributed by atoms with Crippen molar-refractivity contribution in [3.05, 3.63) is 97.3 Å². The Morgan fingerprint density at radius 1 is 0.833 bits per heavy atom. The van der Waals surface area contributed by atoms with E-state index in [0.29, 0.717) is 60.3 Å². The first-order valence-electron chi connectivity index (χ1n) is 15.9. The van der Waals surface area contributed by atoms with Crippen LogP contribution in [0.1, 0.15) is 36.3 Å². The summed E-state index contributed by atoms with van der Waals surface area (Å²) in [5.41, 5.74) is 5.67. The van der Waals surface area contributed by atoms with Gasteiger partial charge in [0.05, 0.1) is 15.7 Å². The topological polar surface area (TPSA) is 130 Å². The van der Waals surface area contributed by atoms with E-state index in [2.05, 4.69) is 26.3 Å². The molecule has 3 aromatic heterocycles. The Morgan fingerprint density at radius 2 is 1.46 bits per heavy atom. The SMILES string of the molecule is O=C1CC[C@H](CNCc2nc(-c3cccc(-c4cccc(-c5ccn6c(=O)c(CNC[C@H]7CCC(=O)N7)cnc6c5)c4Cl)c3Cl)cs2)N1. The first-order chi connectivity index (χ1) is 23.3. The summed E-state index contributed by atoms with van der Waals surface area (Å²) in [6.45, 7) is 2.27. The molecule has 5 heterocycles. The van der Waals surface area contributed by atoms with Gasteiger partial charge in [-0.1, -0.05) is 59.6 Å². The van der Waals surface area contributed by atoms with Gasteiger partial charge in [0, 0.05) is 96.7 Å². The molecule has 4 N–H and O–H groups in total. The fourth-order valence-corrected chi connectivity index (χ4v) is 7.64. The Hall–Kier alpha value is -4.13. The Labute approximate surface area is 290 Å². The van der Waals surface area contributed by atoms with E-state index in [1.165, 1.54) is 4.40 Å². The van der Waals surface area contributed by atoms with Crippen molar-refractivity contribution in [3.63, 3.8) is 0 Å². The van der Waals surface area contributed by atoms with E-state index >= 15 is 0 Å². The number of carbonyl (C=O) groups excluding carboxylic acids is 2. The normalized spacial score (nSPS) is 17.6. The van der Waals surface area contributed by atoms with E-state index in [-0.39, 0.29) is 29.5 Å². The summed E-state index contributed by atoms with van der Waals surface area (Å²) < 4.78 is 1.53. The Balaban J connectivity index is 1.08. The first kappa shape index (κ1) is 32.4. The molecular formula is C35H33Cl2N7O3S. The maximum atomic E-state index is 13.2. The van der Waals surface area contributed by atoms with E-state index in [0.717, 1.165) is 51.4 Å². The van der Waals surface area contributed by atoms with Crippen molar-refractivity contribution in [2.24, 2.45) is 0 Å². The highest BCUT2D eigenvalue weighted by Crippen LogP contribution is 2.42. The zero-order chi connectivity index (χ0) is 33.2. The lowest BCUT2D eigenvalue weighted by Crippen LogP contribution is -2.36. The summed E-state index contributed by atoms with van der Waals surface area (Å²) in [7, 11) is 0. The van der Waals surface area contributed by atoms with Crippen LogP contribution in [0.5, 0.6) is 0 Å². The van der Waals surface area contributed by atoms with Crippen molar-refractivity contribution >= 4 is 52.0 Å². The summed E-state index contributed by atoms with van der Waals surface area (Å²) in [5, 5.41) is 16.6. The van der Waals surface area contributed by atoms with Crippen LogP contribution >= 0.6 is 34.5 Å². The van der Waals surface area contributed by atoms with Crippen molar-refractivity contribution in [1.82, 2.24) is 35.6 Å². The summed E-state index contributed by atoms with van der Waals surface area (Å²) in [5.74, 6) is 0.173. The molecule has 13 heteroatoms. The van der Waals surface area contributed by atoms with Crippen LogP contribution in [0.2, 0.25) is 10.0 Å². The van der Waals surface area contributed by atoms with Crippen LogP contribution in [-0.2, 0) is 22.7 Å². The first-order valence-corrected chi connectivity index (χ1v) is 17.5. The second-order valence-corrected chi connectivity index (χ2v) is 13.8. The number of thiazole rings is 1. The van der Waals surface area contributed by atoms with Gasteiger partial charge < -0.3 is 21.3 Å². The molecule has 48 heavy (non-hydrogen) atoms. The summed E-state index contributed by atoms with van der Waals surface area (Å²) >= 11 is 15.7. The highest BCUT2D eigenvalue weighted by atomic mass is 35.5. The molecule has 0 unspecified atom stereocenters. The molecule has 2 saturated heterocycles. The van der Waals surface area contributed by atoms with E-state index < -0.39 is 0 Å². The van der Waals surface area contributed by atoms with E-state index in [1.54, 1.807) is 23.7 Å². The molecule has 0 spiro atoms. The van der Waals surface area contributed by atoms with E-state index in [9.17, 15) is 14.4 Å². The monoisotopic (exact) mass is 701 g/mol. The molecule has 7 rings (SSSR count). The quantitative estimate of drug-likeness (QED) is 0.149. The lowest BCUT2D eigenvalue weighted by molar-refractivity contribution is -0.120. The number of pyridine rings is 1. The van der Waals surface area contributed by atoms with Crippen LogP contribution < -0.4 is 26.8 Å². The third-order valence-corrected chi connectivity index (χ3v) is 10.4. The predicted molar refractivity (Wildman–Crippen MR) is 189 cm³/mol. The third kappa shape index (κ3) is 6.87. The Kier molecular flexibility index (Phi) is 9.56. The smallest absolute Gasteiger partial charge is 0.262 e. The average molecular weight is 703 g/mol. The molecule has 2 amide bonds. The number of nitrogens with one attached hydrogen (secondary N) is 4.